The van der Waals surface area contributed by atoms with E-state index in [0.29, 0.717) is 5.88 Å². The molecule has 0 aromatic carbocycles. The zero-order valence-electron chi connectivity index (χ0n) is 12.0. The first kappa shape index (κ1) is 14.8. The van der Waals surface area contributed by atoms with Crippen LogP contribution in [0, 0.1) is 0 Å². The molecule has 106 valence electrons. The molecule has 0 radical (unpaired) electrons. The molecule has 0 N–H and O–H groups in total. The average Bonchev–Trinajstić information content (AvgIpc) is 2.53. The molecule has 0 spiro atoms. The highest BCUT2D eigenvalue weighted by Crippen LogP contribution is 2.18. The number of hydrogen-bond donors (Lipinski definition) is 0. The Morgan fingerprint density at radius 1 is 1.15 bits per heavy atom. The molecule has 20 heavy (non-hydrogen) atoms. The second-order valence-electron chi connectivity index (χ2n) is 4.65. The molecule has 0 saturated heterocycles. The molecule has 0 amide bonds. The predicted octanol–water partition coefficient (Wildman–Crippen LogP) is 3.80. The van der Waals surface area contributed by atoms with Gasteiger partial charge < -0.3 is 4.90 Å². The van der Waals surface area contributed by atoms with Crippen LogP contribution in [0.3, 0.4) is 0 Å². The van der Waals surface area contributed by atoms with Crippen molar-refractivity contribution in [2.45, 2.75) is 32.7 Å². The summed E-state index contributed by atoms with van der Waals surface area (Å²) in [4.78, 5) is 11.3. The summed E-state index contributed by atoms with van der Waals surface area (Å²) < 4.78 is 0. The van der Waals surface area contributed by atoms with Gasteiger partial charge in [-0.1, -0.05) is 13.0 Å². The monoisotopic (exact) mass is 289 g/mol. The molecule has 2 rings (SSSR count). The van der Waals surface area contributed by atoms with Gasteiger partial charge in [-0.05, 0) is 43.2 Å². The smallest absolute Gasteiger partial charge is 0.129 e. The van der Waals surface area contributed by atoms with Crippen molar-refractivity contribution >= 4 is 17.4 Å². The maximum atomic E-state index is 5.98. The number of anilines is 1. The van der Waals surface area contributed by atoms with Gasteiger partial charge in [0.25, 0.3) is 0 Å². The molecule has 4 heteroatoms. The first-order valence-electron chi connectivity index (χ1n) is 6.97. The van der Waals surface area contributed by atoms with Crippen LogP contribution >= 0.6 is 11.6 Å². The fourth-order valence-electron chi connectivity index (χ4n) is 2.10. The van der Waals surface area contributed by atoms with E-state index in [0.717, 1.165) is 42.3 Å². The van der Waals surface area contributed by atoms with Crippen LogP contribution in [0.2, 0.25) is 0 Å². The Hall–Kier alpha value is -1.61. The van der Waals surface area contributed by atoms with Gasteiger partial charge in [0.05, 0.1) is 12.2 Å². The maximum Gasteiger partial charge on any atom is 0.129 e. The lowest BCUT2D eigenvalue weighted by molar-refractivity contribution is 0.787. The third-order valence-electron chi connectivity index (χ3n) is 3.23. The molecule has 0 fully saturated rings. The molecule has 0 bridgehead atoms. The fraction of sp³-hybridized carbons (Fsp3) is 0.375. The second kappa shape index (κ2) is 7.25. The fourth-order valence-corrected chi connectivity index (χ4v) is 2.25. The molecule has 0 atom stereocenters. The highest BCUT2D eigenvalue weighted by atomic mass is 35.5. The Morgan fingerprint density at radius 3 is 2.60 bits per heavy atom. The summed E-state index contributed by atoms with van der Waals surface area (Å²) in [6.07, 6.45) is 2.74. The van der Waals surface area contributed by atoms with E-state index in [2.05, 4.69) is 35.9 Å². The summed E-state index contributed by atoms with van der Waals surface area (Å²) in [7, 11) is 0. The van der Waals surface area contributed by atoms with Crippen LogP contribution in [0.1, 0.15) is 30.8 Å². The van der Waals surface area contributed by atoms with E-state index in [9.17, 15) is 0 Å². The van der Waals surface area contributed by atoms with E-state index in [1.165, 1.54) is 0 Å². The normalized spacial score (nSPS) is 10.6. The Balaban J connectivity index is 2.26. The molecule has 0 unspecified atom stereocenters. The van der Waals surface area contributed by atoms with E-state index in [-0.39, 0.29) is 0 Å². The van der Waals surface area contributed by atoms with E-state index in [1.54, 1.807) is 0 Å². The van der Waals surface area contributed by atoms with Crippen LogP contribution in [0.4, 0.5) is 5.82 Å². The highest BCUT2D eigenvalue weighted by molar-refractivity contribution is 6.17. The quantitative estimate of drug-likeness (QED) is 0.757. The van der Waals surface area contributed by atoms with Crippen molar-refractivity contribution in [1.82, 2.24) is 9.97 Å². The van der Waals surface area contributed by atoms with Crippen LogP contribution in [-0.2, 0) is 18.8 Å². The van der Waals surface area contributed by atoms with Gasteiger partial charge in [-0.15, -0.1) is 11.6 Å². The first-order chi connectivity index (χ1) is 9.76. The number of pyridine rings is 2. The van der Waals surface area contributed by atoms with Crippen molar-refractivity contribution < 1.29 is 0 Å². The minimum absolute atomic E-state index is 0.518. The number of nitrogens with zero attached hydrogens (tertiary/aromatic N) is 3. The average molecular weight is 290 g/mol. The summed E-state index contributed by atoms with van der Waals surface area (Å²) in [6, 6.07) is 10.1. The zero-order chi connectivity index (χ0) is 14.4. The Morgan fingerprint density at radius 2 is 2.00 bits per heavy atom. The third kappa shape index (κ3) is 3.70. The summed E-state index contributed by atoms with van der Waals surface area (Å²) in [6.45, 7) is 5.89. The van der Waals surface area contributed by atoms with Crippen LogP contribution in [-0.4, -0.2) is 16.5 Å². The zero-order valence-corrected chi connectivity index (χ0v) is 12.8. The van der Waals surface area contributed by atoms with Crippen molar-refractivity contribution in [1.29, 1.82) is 0 Å². The summed E-state index contributed by atoms with van der Waals surface area (Å²) in [5.74, 6) is 1.50. The van der Waals surface area contributed by atoms with Crippen molar-refractivity contribution in [3.63, 3.8) is 0 Å². The van der Waals surface area contributed by atoms with Crippen molar-refractivity contribution in [2.24, 2.45) is 0 Å². The lowest BCUT2D eigenvalue weighted by Crippen LogP contribution is -2.24. The number of alkyl halides is 1. The van der Waals surface area contributed by atoms with Gasteiger partial charge in [-0.25, -0.2) is 4.98 Å². The summed E-state index contributed by atoms with van der Waals surface area (Å²) in [5.41, 5.74) is 3.25. The molecule has 2 aromatic heterocycles. The minimum atomic E-state index is 0.518. The molecule has 2 heterocycles. The molecule has 2 aromatic rings. The van der Waals surface area contributed by atoms with Gasteiger partial charge in [0, 0.05) is 24.3 Å². The first-order valence-corrected chi connectivity index (χ1v) is 7.51. The molecule has 0 saturated carbocycles. The van der Waals surface area contributed by atoms with Gasteiger partial charge in [0.15, 0.2) is 0 Å². The van der Waals surface area contributed by atoms with Crippen LogP contribution < -0.4 is 4.90 Å². The number of halogens is 1. The van der Waals surface area contributed by atoms with Gasteiger partial charge in [-0.3, -0.25) is 4.98 Å². The standard InChI is InChI=1S/C16H20ClN3/c1-3-14-9-13(11-17)10-16(19-14)20(4-2)12-15-7-5-6-8-18-15/h5-10H,3-4,11-12H2,1-2H3. The molecule has 0 aliphatic carbocycles. The molecule has 0 aliphatic heterocycles. The predicted molar refractivity (Wildman–Crippen MR) is 84.1 cm³/mol. The summed E-state index contributed by atoms with van der Waals surface area (Å²) in [5, 5.41) is 0. The number of aryl methyl sites for hydroxylation is 1. The largest absolute Gasteiger partial charge is 0.351 e. The van der Waals surface area contributed by atoms with Gasteiger partial charge in [0.2, 0.25) is 0 Å². The van der Waals surface area contributed by atoms with E-state index in [4.69, 9.17) is 16.6 Å². The lowest BCUT2D eigenvalue weighted by Gasteiger charge is -2.22. The Bertz CT molecular complexity index is 520. The maximum absolute atomic E-state index is 5.98. The van der Waals surface area contributed by atoms with Gasteiger partial charge >= 0.3 is 0 Å². The van der Waals surface area contributed by atoms with Gasteiger partial charge in [-0.2, -0.15) is 0 Å². The SMILES string of the molecule is CCc1cc(CCl)cc(N(CC)Cc2ccccn2)n1. The minimum Gasteiger partial charge on any atom is -0.351 e. The third-order valence-corrected chi connectivity index (χ3v) is 3.53. The van der Waals surface area contributed by atoms with E-state index < -0.39 is 0 Å². The van der Waals surface area contributed by atoms with Gasteiger partial charge in [0.1, 0.15) is 5.82 Å². The highest BCUT2D eigenvalue weighted by Gasteiger charge is 2.10. The molecular formula is C16H20ClN3. The van der Waals surface area contributed by atoms with Crippen LogP contribution in [0.25, 0.3) is 0 Å². The Kier molecular flexibility index (Phi) is 5.36. The van der Waals surface area contributed by atoms with Crippen molar-refractivity contribution in [2.75, 3.05) is 11.4 Å². The van der Waals surface area contributed by atoms with Crippen molar-refractivity contribution in [3.05, 3.63) is 53.5 Å². The van der Waals surface area contributed by atoms with E-state index in [1.807, 2.05) is 24.4 Å². The molecule has 3 nitrogen and oxygen atoms in total. The van der Waals surface area contributed by atoms with Crippen LogP contribution in [0.15, 0.2) is 36.5 Å². The number of hydrogen-bond acceptors (Lipinski definition) is 3. The topological polar surface area (TPSA) is 29.0 Å². The van der Waals surface area contributed by atoms with E-state index >= 15 is 0 Å². The van der Waals surface area contributed by atoms with Crippen molar-refractivity contribution in [3.8, 4) is 0 Å². The van der Waals surface area contributed by atoms with Crippen LogP contribution in [0.5, 0.6) is 0 Å². The second-order valence-corrected chi connectivity index (χ2v) is 4.91. The molecule has 0 aliphatic rings. The Labute approximate surface area is 125 Å². The number of rotatable bonds is 6. The molecular weight excluding hydrogens is 270 g/mol. The number of aromatic nitrogens is 2. The summed E-state index contributed by atoms with van der Waals surface area (Å²) >= 11 is 5.98. The lowest BCUT2D eigenvalue weighted by atomic mass is 10.2.